The number of hydrogen-bond acceptors (Lipinski definition) is 1. The molecule has 4 aliphatic carbocycles. The topological polar surface area (TPSA) is 0 Å². The highest BCUT2D eigenvalue weighted by Crippen LogP contribution is 2.83. The first kappa shape index (κ1) is 38.2. The SMILES string of the molecule is CCCCCCCCCCCCCCCCCCCCC1C(C)C2C1C1C3C(CCCCCS)C(CCCCCCCC)C3C21. The van der Waals surface area contributed by atoms with Gasteiger partial charge in [0.25, 0.3) is 0 Å². The van der Waals surface area contributed by atoms with Crippen LogP contribution in [-0.2, 0) is 0 Å². The monoisotopic (exact) mass is 643 g/mol. The summed E-state index contributed by atoms with van der Waals surface area (Å²) in [7, 11) is 0. The first-order valence-corrected chi connectivity index (χ1v) is 22.5. The predicted molar refractivity (Wildman–Crippen MR) is 204 cm³/mol. The van der Waals surface area contributed by atoms with Crippen LogP contribution < -0.4 is 0 Å². The number of fused-ring (bicyclic) bond motifs is 7. The second-order valence-electron chi connectivity index (χ2n) is 17.2. The van der Waals surface area contributed by atoms with Gasteiger partial charge in [0.1, 0.15) is 0 Å². The fourth-order valence-corrected chi connectivity index (χ4v) is 12.2. The van der Waals surface area contributed by atoms with Crippen LogP contribution in [0, 0.1) is 59.2 Å². The molecule has 0 heterocycles. The molecular formula is C44H82S. The van der Waals surface area contributed by atoms with E-state index in [1.165, 1.54) is 203 Å². The highest BCUT2D eigenvalue weighted by Gasteiger charge is 2.79. The van der Waals surface area contributed by atoms with E-state index in [-0.39, 0.29) is 0 Å². The van der Waals surface area contributed by atoms with Crippen LogP contribution in [0.15, 0.2) is 0 Å². The Labute approximate surface area is 290 Å². The van der Waals surface area contributed by atoms with Crippen LogP contribution in [0.5, 0.6) is 0 Å². The van der Waals surface area contributed by atoms with E-state index >= 15 is 0 Å². The van der Waals surface area contributed by atoms with Crippen molar-refractivity contribution in [3.05, 3.63) is 0 Å². The second-order valence-corrected chi connectivity index (χ2v) is 17.7. The lowest BCUT2D eigenvalue weighted by molar-refractivity contribution is -0.375. The Bertz CT molecular complexity index is 730. The maximum absolute atomic E-state index is 4.49. The van der Waals surface area contributed by atoms with Crippen LogP contribution in [0.4, 0.5) is 0 Å². The highest BCUT2D eigenvalue weighted by molar-refractivity contribution is 7.80. The first-order valence-electron chi connectivity index (χ1n) is 21.9. The molecule has 0 aromatic carbocycles. The van der Waals surface area contributed by atoms with E-state index in [0.29, 0.717) is 0 Å². The van der Waals surface area contributed by atoms with Gasteiger partial charge in [0.2, 0.25) is 0 Å². The number of hydrogen-bond donors (Lipinski definition) is 1. The third-order valence-corrected chi connectivity index (χ3v) is 14.7. The third-order valence-electron chi connectivity index (χ3n) is 14.4. The molecule has 0 aliphatic heterocycles. The van der Waals surface area contributed by atoms with Gasteiger partial charge in [0.05, 0.1) is 0 Å². The molecule has 0 spiro atoms. The van der Waals surface area contributed by atoms with Crippen molar-refractivity contribution in [2.24, 2.45) is 59.2 Å². The molecule has 264 valence electrons. The maximum Gasteiger partial charge on any atom is -0.00979 e. The zero-order valence-corrected chi connectivity index (χ0v) is 32.0. The van der Waals surface area contributed by atoms with Gasteiger partial charge in [-0.3, -0.25) is 0 Å². The van der Waals surface area contributed by atoms with Gasteiger partial charge in [-0.1, -0.05) is 188 Å². The molecule has 0 saturated heterocycles. The van der Waals surface area contributed by atoms with Gasteiger partial charge in [0, 0.05) is 0 Å². The molecule has 0 bridgehead atoms. The Kier molecular flexibility index (Phi) is 18.8. The lowest BCUT2D eigenvalue weighted by Gasteiger charge is -2.84. The Hall–Kier alpha value is 0.350. The molecule has 4 rings (SSSR count). The summed E-state index contributed by atoms with van der Waals surface area (Å²) in [6.07, 6.45) is 44.7. The minimum Gasteiger partial charge on any atom is -0.179 e. The van der Waals surface area contributed by atoms with Crippen molar-refractivity contribution in [1.29, 1.82) is 0 Å². The van der Waals surface area contributed by atoms with E-state index in [4.69, 9.17) is 0 Å². The van der Waals surface area contributed by atoms with E-state index in [2.05, 4.69) is 33.4 Å². The molecule has 45 heavy (non-hydrogen) atoms. The second kappa shape index (κ2) is 22.1. The minimum atomic E-state index is 1.06. The number of rotatable bonds is 31. The van der Waals surface area contributed by atoms with Crippen molar-refractivity contribution in [3.8, 4) is 0 Å². The van der Waals surface area contributed by atoms with E-state index in [9.17, 15) is 0 Å². The molecule has 4 aliphatic rings. The molecule has 1 heteroatoms. The lowest BCUT2D eigenvalue weighted by atomic mass is 9.20. The Morgan fingerprint density at radius 1 is 0.311 bits per heavy atom. The van der Waals surface area contributed by atoms with Gasteiger partial charge in [-0.25, -0.2) is 0 Å². The van der Waals surface area contributed by atoms with Crippen LogP contribution >= 0.6 is 12.6 Å². The van der Waals surface area contributed by atoms with Crippen molar-refractivity contribution in [2.45, 2.75) is 213 Å². The summed E-state index contributed by atoms with van der Waals surface area (Å²) in [5, 5.41) is 0. The zero-order chi connectivity index (χ0) is 31.7. The summed E-state index contributed by atoms with van der Waals surface area (Å²) in [5.41, 5.74) is 0. The van der Waals surface area contributed by atoms with Crippen molar-refractivity contribution in [1.82, 2.24) is 0 Å². The Morgan fingerprint density at radius 3 is 0.978 bits per heavy atom. The molecule has 0 aromatic heterocycles. The van der Waals surface area contributed by atoms with Crippen LogP contribution in [0.3, 0.4) is 0 Å². The van der Waals surface area contributed by atoms with Gasteiger partial charge >= 0.3 is 0 Å². The van der Waals surface area contributed by atoms with Crippen LogP contribution in [0.2, 0.25) is 0 Å². The maximum atomic E-state index is 4.49. The van der Waals surface area contributed by atoms with E-state index in [1.54, 1.807) is 19.3 Å². The normalized spacial score (nSPS) is 32.5. The van der Waals surface area contributed by atoms with E-state index in [1.807, 2.05) is 0 Å². The summed E-state index contributed by atoms with van der Waals surface area (Å²) >= 11 is 4.49. The number of thiol groups is 1. The molecule has 10 unspecified atom stereocenters. The van der Waals surface area contributed by atoms with Crippen molar-refractivity contribution in [2.75, 3.05) is 5.75 Å². The summed E-state index contributed by atoms with van der Waals surface area (Å²) in [6.45, 7) is 7.34. The fraction of sp³-hybridized carbons (Fsp3) is 1.00. The summed E-state index contributed by atoms with van der Waals surface area (Å²) in [4.78, 5) is 0. The summed E-state index contributed by atoms with van der Waals surface area (Å²) < 4.78 is 0. The summed E-state index contributed by atoms with van der Waals surface area (Å²) in [5.74, 6) is 12.6. The predicted octanol–water partition coefficient (Wildman–Crippen LogP) is 14.9. The Balaban J connectivity index is 1.01. The average Bonchev–Trinajstić information content (AvgIpc) is 3.03. The van der Waals surface area contributed by atoms with Crippen molar-refractivity contribution in [3.63, 3.8) is 0 Å². The standard InChI is InChI=1S/C44H82S/c1-4-6-8-10-12-13-14-15-16-17-18-19-20-21-22-23-25-27-31-36-35(3)39-40(36)44-42-38(33-29-26-30-34-45)37(41(42)43(39)44)32-28-24-11-9-7-5-2/h35-45H,4-34H2,1-3H3. The lowest BCUT2D eigenvalue weighted by Crippen LogP contribution is -2.80. The molecule has 0 nitrogen and oxygen atoms in total. The first-order chi connectivity index (χ1) is 22.3. The molecule has 0 radical (unpaired) electrons. The molecule has 0 amide bonds. The van der Waals surface area contributed by atoms with Gasteiger partial charge < -0.3 is 0 Å². The van der Waals surface area contributed by atoms with Crippen LogP contribution in [0.1, 0.15) is 213 Å². The van der Waals surface area contributed by atoms with Gasteiger partial charge in [0.15, 0.2) is 0 Å². The third kappa shape index (κ3) is 10.7. The van der Waals surface area contributed by atoms with Gasteiger partial charge in [-0.05, 0) is 90.6 Å². The molecule has 4 fully saturated rings. The molecule has 4 saturated carbocycles. The molecule has 0 aromatic rings. The average molecular weight is 643 g/mol. The fourth-order valence-electron chi connectivity index (χ4n) is 12.0. The van der Waals surface area contributed by atoms with E-state index in [0.717, 1.165) is 35.3 Å². The van der Waals surface area contributed by atoms with Crippen molar-refractivity contribution >= 4 is 12.6 Å². The molecule has 0 N–H and O–H groups in total. The largest absolute Gasteiger partial charge is 0.179 e. The smallest absolute Gasteiger partial charge is 0.00979 e. The number of unbranched alkanes of at least 4 members (excludes halogenated alkanes) is 24. The van der Waals surface area contributed by atoms with Gasteiger partial charge in [-0.15, -0.1) is 0 Å². The summed E-state index contributed by atoms with van der Waals surface area (Å²) in [6, 6.07) is 0. The van der Waals surface area contributed by atoms with Crippen LogP contribution in [0.25, 0.3) is 0 Å². The minimum absolute atomic E-state index is 1.06. The molecular weight excluding hydrogens is 561 g/mol. The van der Waals surface area contributed by atoms with Crippen molar-refractivity contribution < 1.29 is 0 Å². The quantitative estimate of drug-likeness (QED) is 0.0564. The van der Waals surface area contributed by atoms with Crippen LogP contribution in [-0.4, -0.2) is 5.75 Å². The zero-order valence-electron chi connectivity index (χ0n) is 31.1. The van der Waals surface area contributed by atoms with E-state index < -0.39 is 0 Å². The highest BCUT2D eigenvalue weighted by atomic mass is 32.1. The molecule has 10 atom stereocenters. The van der Waals surface area contributed by atoms with Gasteiger partial charge in [-0.2, -0.15) is 12.6 Å². The Morgan fingerprint density at radius 2 is 0.600 bits per heavy atom.